The third-order valence-corrected chi connectivity index (χ3v) is 6.36. The second kappa shape index (κ2) is 8.43. The topological polar surface area (TPSA) is 70.5 Å². The number of fused-ring (bicyclic) bond motifs is 1. The van der Waals surface area contributed by atoms with Crippen molar-refractivity contribution in [2.75, 3.05) is 27.2 Å². The smallest absolute Gasteiger partial charge is 0.319 e. The molecule has 1 aliphatic heterocycles. The number of nitrogens with zero attached hydrogens (tertiary/aromatic N) is 4. The van der Waals surface area contributed by atoms with Crippen LogP contribution in [0.1, 0.15) is 44.6 Å². The normalized spacial score (nSPS) is 25.0. The second-order valence-corrected chi connectivity index (χ2v) is 8.62. The van der Waals surface area contributed by atoms with Crippen LogP contribution in [-0.2, 0) is 4.79 Å². The zero-order valence-corrected chi connectivity index (χ0v) is 17.4. The van der Waals surface area contributed by atoms with Gasteiger partial charge in [0.25, 0.3) is 0 Å². The number of carbonyl (C=O) groups is 2. The van der Waals surface area contributed by atoms with Crippen molar-refractivity contribution in [3.63, 3.8) is 0 Å². The molecule has 1 aliphatic carbocycles. The molecule has 4 rings (SSSR count). The number of hydrogen-bond acceptors (Lipinski definition) is 3. The molecule has 7 heteroatoms. The number of pyridine rings is 1. The number of carbonyl (C=O) groups excluding carboxylic acids is 2. The first kappa shape index (κ1) is 19.7. The van der Waals surface area contributed by atoms with Gasteiger partial charge in [-0.05, 0) is 56.7 Å². The molecule has 2 aliphatic rings. The monoisotopic (exact) mass is 397 g/mol. The Balaban J connectivity index is 1.30. The van der Waals surface area contributed by atoms with Crippen LogP contribution in [-0.4, -0.2) is 64.5 Å². The van der Waals surface area contributed by atoms with E-state index < -0.39 is 0 Å². The maximum absolute atomic E-state index is 12.8. The number of amides is 3. The quantitative estimate of drug-likeness (QED) is 0.865. The lowest BCUT2D eigenvalue weighted by Gasteiger charge is -2.35. The van der Waals surface area contributed by atoms with Gasteiger partial charge in [0.1, 0.15) is 5.65 Å². The van der Waals surface area contributed by atoms with Gasteiger partial charge >= 0.3 is 6.03 Å². The van der Waals surface area contributed by atoms with Gasteiger partial charge in [-0.25, -0.2) is 9.78 Å². The fourth-order valence-electron chi connectivity index (χ4n) is 4.75. The molecule has 0 spiro atoms. The molecular formula is C22H31N5O2. The molecule has 3 heterocycles. The molecule has 0 aromatic carbocycles. The van der Waals surface area contributed by atoms with Crippen molar-refractivity contribution >= 4 is 23.0 Å². The maximum atomic E-state index is 12.8. The summed E-state index contributed by atoms with van der Waals surface area (Å²) in [6, 6.07) is 6.86. The van der Waals surface area contributed by atoms with Gasteiger partial charge in [0.15, 0.2) is 0 Å². The summed E-state index contributed by atoms with van der Waals surface area (Å²) in [5.74, 6) is 0.0146. The van der Waals surface area contributed by atoms with Crippen molar-refractivity contribution in [1.29, 1.82) is 0 Å². The molecule has 1 atom stereocenters. The Kier molecular flexibility index (Phi) is 5.74. The van der Waals surface area contributed by atoms with Crippen LogP contribution >= 0.6 is 0 Å². The maximum Gasteiger partial charge on any atom is 0.319 e. The molecule has 1 saturated carbocycles. The van der Waals surface area contributed by atoms with Crippen molar-refractivity contribution in [2.45, 2.75) is 50.6 Å². The summed E-state index contributed by atoms with van der Waals surface area (Å²) in [5.41, 5.74) is 1.05. The van der Waals surface area contributed by atoms with Crippen LogP contribution in [0.15, 0.2) is 30.6 Å². The third-order valence-electron chi connectivity index (χ3n) is 6.36. The molecule has 29 heavy (non-hydrogen) atoms. The van der Waals surface area contributed by atoms with E-state index in [0.717, 1.165) is 50.7 Å². The summed E-state index contributed by atoms with van der Waals surface area (Å²) in [4.78, 5) is 32.9. The van der Waals surface area contributed by atoms with E-state index in [1.165, 1.54) is 5.39 Å². The minimum atomic E-state index is -0.0945. The van der Waals surface area contributed by atoms with Gasteiger partial charge in [-0.1, -0.05) is 0 Å². The van der Waals surface area contributed by atoms with Crippen LogP contribution in [0.4, 0.5) is 4.79 Å². The summed E-state index contributed by atoms with van der Waals surface area (Å²) in [5, 5.41) is 4.44. The number of likely N-dealkylation sites (tertiary alicyclic amines) is 1. The zero-order chi connectivity index (χ0) is 20.4. The molecule has 0 bridgehead atoms. The minimum absolute atomic E-state index is 0.00410. The average Bonchev–Trinajstić information content (AvgIpc) is 3.18. The number of aromatic nitrogens is 2. The van der Waals surface area contributed by atoms with Crippen LogP contribution in [0.2, 0.25) is 0 Å². The van der Waals surface area contributed by atoms with Gasteiger partial charge in [0, 0.05) is 57.0 Å². The van der Waals surface area contributed by atoms with E-state index in [-0.39, 0.29) is 23.9 Å². The Labute approximate surface area is 172 Å². The number of urea groups is 1. The molecule has 2 aromatic rings. The van der Waals surface area contributed by atoms with Crippen molar-refractivity contribution < 1.29 is 9.59 Å². The highest BCUT2D eigenvalue weighted by Gasteiger charge is 2.31. The molecule has 1 N–H and O–H groups in total. The van der Waals surface area contributed by atoms with Crippen LogP contribution in [0.5, 0.6) is 0 Å². The molecule has 7 nitrogen and oxygen atoms in total. The zero-order valence-electron chi connectivity index (χ0n) is 17.4. The van der Waals surface area contributed by atoms with Gasteiger partial charge in [-0.2, -0.15) is 0 Å². The molecule has 2 fully saturated rings. The van der Waals surface area contributed by atoms with Crippen molar-refractivity contribution in [3.8, 4) is 0 Å². The van der Waals surface area contributed by atoms with E-state index in [1.807, 2.05) is 12.3 Å². The Morgan fingerprint density at radius 1 is 1.14 bits per heavy atom. The Hall–Kier alpha value is -2.57. The van der Waals surface area contributed by atoms with Crippen molar-refractivity contribution in [2.24, 2.45) is 5.92 Å². The summed E-state index contributed by atoms with van der Waals surface area (Å²) in [6.45, 7) is 1.27. The van der Waals surface area contributed by atoms with E-state index in [9.17, 15) is 9.59 Å². The average molecular weight is 398 g/mol. The first-order valence-electron chi connectivity index (χ1n) is 10.7. The largest absolute Gasteiger partial charge is 0.353 e. The van der Waals surface area contributed by atoms with Gasteiger partial charge in [-0.15, -0.1) is 0 Å². The Morgan fingerprint density at radius 2 is 1.93 bits per heavy atom. The highest BCUT2D eigenvalue weighted by molar-refractivity contribution is 5.81. The molecular weight excluding hydrogens is 366 g/mol. The summed E-state index contributed by atoms with van der Waals surface area (Å²) in [6.07, 6.45) is 9.78. The van der Waals surface area contributed by atoms with Gasteiger partial charge in [0.05, 0.1) is 5.92 Å². The van der Waals surface area contributed by atoms with E-state index in [2.05, 4.69) is 33.2 Å². The van der Waals surface area contributed by atoms with Gasteiger partial charge in [-0.3, -0.25) is 4.79 Å². The van der Waals surface area contributed by atoms with Crippen LogP contribution in [0.25, 0.3) is 11.0 Å². The van der Waals surface area contributed by atoms with Gasteiger partial charge in [0.2, 0.25) is 5.91 Å². The van der Waals surface area contributed by atoms with E-state index >= 15 is 0 Å². The highest BCUT2D eigenvalue weighted by Crippen LogP contribution is 2.31. The third kappa shape index (κ3) is 4.23. The molecule has 2 aromatic heterocycles. The van der Waals surface area contributed by atoms with Crippen molar-refractivity contribution in [1.82, 2.24) is 24.7 Å². The van der Waals surface area contributed by atoms with E-state index in [1.54, 1.807) is 23.9 Å². The molecule has 3 amide bonds. The number of piperidine rings is 1. The lowest BCUT2D eigenvalue weighted by molar-refractivity contribution is -0.127. The fraction of sp³-hybridized carbons (Fsp3) is 0.591. The van der Waals surface area contributed by atoms with Crippen LogP contribution < -0.4 is 5.32 Å². The SMILES string of the molecule is CN(C)C(=O)N1CCCC(C(=O)NC2CCC(n3ccc4cccnc43)CC2)C1. The first-order valence-corrected chi connectivity index (χ1v) is 10.7. The predicted octanol–water partition coefficient (Wildman–Crippen LogP) is 3.03. The van der Waals surface area contributed by atoms with Gasteiger partial charge < -0.3 is 19.7 Å². The first-order chi connectivity index (χ1) is 14.0. The molecule has 1 saturated heterocycles. The standard InChI is InChI=1S/C22H31N5O2/c1-25(2)22(29)26-13-4-6-17(15-26)21(28)24-18-7-9-19(10-8-18)27-14-11-16-5-3-12-23-20(16)27/h3,5,11-12,14,17-19H,4,6-10,13,15H2,1-2H3,(H,24,28). The van der Waals surface area contributed by atoms with Crippen LogP contribution in [0, 0.1) is 5.92 Å². The van der Waals surface area contributed by atoms with E-state index in [4.69, 9.17) is 0 Å². The molecule has 156 valence electrons. The minimum Gasteiger partial charge on any atom is -0.353 e. The Morgan fingerprint density at radius 3 is 2.69 bits per heavy atom. The number of hydrogen-bond donors (Lipinski definition) is 1. The summed E-state index contributed by atoms with van der Waals surface area (Å²) < 4.78 is 2.29. The second-order valence-electron chi connectivity index (χ2n) is 8.62. The van der Waals surface area contributed by atoms with E-state index in [0.29, 0.717) is 12.6 Å². The van der Waals surface area contributed by atoms with Crippen LogP contribution in [0.3, 0.4) is 0 Å². The fourth-order valence-corrected chi connectivity index (χ4v) is 4.75. The summed E-state index contributed by atoms with van der Waals surface area (Å²) in [7, 11) is 3.52. The number of rotatable bonds is 3. The Bertz CT molecular complexity index is 869. The molecule has 0 radical (unpaired) electrons. The molecule has 1 unspecified atom stereocenters. The number of nitrogens with one attached hydrogen (secondary N) is 1. The lowest BCUT2D eigenvalue weighted by atomic mass is 9.90. The highest BCUT2D eigenvalue weighted by atomic mass is 16.2. The summed E-state index contributed by atoms with van der Waals surface area (Å²) >= 11 is 0. The lowest BCUT2D eigenvalue weighted by Crippen LogP contribution is -2.50. The predicted molar refractivity (Wildman–Crippen MR) is 113 cm³/mol. The van der Waals surface area contributed by atoms with Crippen molar-refractivity contribution in [3.05, 3.63) is 30.6 Å².